The summed E-state index contributed by atoms with van der Waals surface area (Å²) in [7, 11) is 0. The molecule has 2 heterocycles. The van der Waals surface area contributed by atoms with Gasteiger partial charge >= 0.3 is 0 Å². The van der Waals surface area contributed by atoms with Crippen LogP contribution in [0.4, 0.5) is 5.69 Å². The predicted molar refractivity (Wildman–Crippen MR) is 133 cm³/mol. The molecule has 188 valence electrons. The fraction of sp³-hybridized carbons (Fsp3) is 0.462. The molecule has 2 fully saturated rings. The van der Waals surface area contributed by atoms with Crippen molar-refractivity contribution in [2.75, 3.05) is 24.6 Å². The molecule has 8 nitrogen and oxygen atoms in total. The second kappa shape index (κ2) is 11.4. The van der Waals surface area contributed by atoms with Crippen molar-refractivity contribution >= 4 is 29.1 Å². The Morgan fingerprint density at radius 2 is 1.77 bits per heavy atom. The number of nitrogens with one attached hydrogen (secondary N) is 1. The van der Waals surface area contributed by atoms with E-state index in [0.717, 1.165) is 42.6 Å². The molecule has 0 spiro atoms. The Hall–Kier alpha value is -2.65. The van der Waals surface area contributed by atoms with Crippen molar-refractivity contribution in [3.05, 3.63) is 64.7 Å². The number of carbonyl (C=O) groups excluding carboxylic acids is 2. The van der Waals surface area contributed by atoms with Crippen molar-refractivity contribution in [1.82, 2.24) is 10.2 Å². The van der Waals surface area contributed by atoms with Gasteiger partial charge in [-0.15, -0.1) is 0 Å². The zero-order chi connectivity index (χ0) is 24.9. The summed E-state index contributed by atoms with van der Waals surface area (Å²) >= 11 is 6.09. The summed E-state index contributed by atoms with van der Waals surface area (Å²) in [6.45, 7) is 1.60. The first kappa shape index (κ1) is 25.4. The van der Waals surface area contributed by atoms with Gasteiger partial charge in [0, 0.05) is 30.3 Å². The lowest BCUT2D eigenvalue weighted by atomic mass is 10.0. The lowest BCUT2D eigenvalue weighted by molar-refractivity contribution is -0.153. The molecule has 2 aromatic rings. The fourth-order valence-corrected chi connectivity index (χ4v) is 5.20. The van der Waals surface area contributed by atoms with Crippen LogP contribution in [0.25, 0.3) is 0 Å². The maximum absolute atomic E-state index is 12.9. The van der Waals surface area contributed by atoms with E-state index in [1.165, 1.54) is 4.90 Å². The smallest absolute Gasteiger partial charge is 0.255 e. The van der Waals surface area contributed by atoms with Crippen molar-refractivity contribution in [2.45, 2.75) is 56.5 Å². The normalized spacial score (nSPS) is 21.7. The number of halogens is 1. The quantitative estimate of drug-likeness (QED) is 0.440. The first-order valence-electron chi connectivity index (χ1n) is 12.0. The molecule has 4 N–H and O–H groups in total. The molecule has 2 aliphatic rings. The molecule has 35 heavy (non-hydrogen) atoms. The summed E-state index contributed by atoms with van der Waals surface area (Å²) in [6.07, 6.45) is -0.262. The molecular weight excluding hydrogens is 470 g/mol. The number of aliphatic hydroxyl groups excluding tert-OH is 3. The molecule has 2 aromatic carbocycles. The summed E-state index contributed by atoms with van der Waals surface area (Å²) in [5, 5.41) is 33.5. The van der Waals surface area contributed by atoms with Crippen LogP contribution in [-0.4, -0.2) is 70.0 Å². The fourth-order valence-electron chi connectivity index (χ4n) is 5.00. The molecule has 0 aliphatic carbocycles. The Balaban J connectivity index is 1.32. The van der Waals surface area contributed by atoms with Crippen molar-refractivity contribution in [2.24, 2.45) is 0 Å². The zero-order valence-corrected chi connectivity index (χ0v) is 20.3. The Labute approximate surface area is 210 Å². The van der Waals surface area contributed by atoms with Gasteiger partial charge in [0.05, 0.1) is 18.7 Å². The highest BCUT2D eigenvalue weighted by Crippen LogP contribution is 2.33. The minimum atomic E-state index is -1.88. The van der Waals surface area contributed by atoms with Gasteiger partial charge in [0.15, 0.2) is 12.2 Å². The first-order valence-corrected chi connectivity index (χ1v) is 12.4. The molecule has 0 radical (unpaired) electrons. The van der Waals surface area contributed by atoms with E-state index in [4.69, 9.17) is 11.6 Å². The minimum absolute atomic E-state index is 0.119. The van der Waals surface area contributed by atoms with Crippen LogP contribution >= 0.6 is 11.6 Å². The second-order valence-electron chi connectivity index (χ2n) is 9.19. The molecule has 0 aromatic heterocycles. The Morgan fingerprint density at radius 3 is 2.49 bits per heavy atom. The van der Waals surface area contributed by atoms with E-state index in [1.807, 2.05) is 30.3 Å². The van der Waals surface area contributed by atoms with E-state index in [1.54, 1.807) is 18.2 Å². The van der Waals surface area contributed by atoms with E-state index < -0.39 is 24.0 Å². The van der Waals surface area contributed by atoms with Gasteiger partial charge in [0.2, 0.25) is 0 Å². The molecule has 1 unspecified atom stereocenters. The Morgan fingerprint density at radius 1 is 1.03 bits per heavy atom. The van der Waals surface area contributed by atoms with E-state index >= 15 is 0 Å². The third kappa shape index (κ3) is 5.78. The number of amides is 2. The number of carbonyl (C=O) groups is 2. The lowest BCUT2D eigenvalue weighted by Crippen LogP contribution is -2.50. The summed E-state index contributed by atoms with van der Waals surface area (Å²) in [5.74, 6) is -1.49. The van der Waals surface area contributed by atoms with Gasteiger partial charge in [-0.25, -0.2) is 0 Å². The van der Waals surface area contributed by atoms with E-state index in [2.05, 4.69) is 10.2 Å². The van der Waals surface area contributed by atoms with Gasteiger partial charge in [0.1, 0.15) is 0 Å². The van der Waals surface area contributed by atoms with E-state index in [9.17, 15) is 24.9 Å². The van der Waals surface area contributed by atoms with E-state index in [-0.39, 0.29) is 25.2 Å². The van der Waals surface area contributed by atoms with Gasteiger partial charge < -0.3 is 30.4 Å². The molecule has 2 amide bonds. The van der Waals surface area contributed by atoms with Gasteiger partial charge in [-0.3, -0.25) is 9.59 Å². The number of nitrogens with zero attached hydrogens (tertiary/aromatic N) is 2. The maximum atomic E-state index is 12.9. The van der Waals surface area contributed by atoms with Crippen LogP contribution in [0.3, 0.4) is 0 Å². The molecule has 4 rings (SSSR count). The molecule has 9 heteroatoms. The number of anilines is 1. The lowest BCUT2D eigenvalue weighted by Gasteiger charge is -2.28. The number of rotatable bonds is 8. The molecule has 0 bridgehead atoms. The summed E-state index contributed by atoms with van der Waals surface area (Å²) in [4.78, 5) is 29.1. The highest BCUT2D eigenvalue weighted by Gasteiger charge is 2.38. The van der Waals surface area contributed by atoms with Crippen LogP contribution in [0.5, 0.6) is 0 Å². The van der Waals surface area contributed by atoms with E-state index in [0.29, 0.717) is 18.0 Å². The maximum Gasteiger partial charge on any atom is 0.255 e. The topological polar surface area (TPSA) is 113 Å². The Kier molecular flexibility index (Phi) is 8.28. The number of hydrogen-bond acceptors (Lipinski definition) is 6. The van der Waals surface area contributed by atoms with Crippen LogP contribution in [0.2, 0.25) is 5.02 Å². The molecule has 2 aliphatic heterocycles. The number of hydrogen-bond donors (Lipinski definition) is 4. The highest BCUT2D eigenvalue weighted by atomic mass is 35.5. The standard InChI is InChI=1S/C26H32ClN3O5/c27-19-5-1-4-18(14-19)22-7-3-13-30(22)26(35)24(33)23(32)25(34)28-15-17-8-10-20(11-9-17)29-12-2-6-21(29)16-31/h1,4-5,8-11,14,21-24,31-33H,2-3,6-7,12-13,15-16H2,(H,28,34)/t21-,22?,23+,24+/m0/s1. The Bertz CT molecular complexity index is 1030. The number of aliphatic hydroxyl groups is 3. The van der Waals surface area contributed by atoms with Crippen LogP contribution in [0.15, 0.2) is 48.5 Å². The average molecular weight is 502 g/mol. The van der Waals surface area contributed by atoms with Gasteiger partial charge in [-0.2, -0.15) is 0 Å². The predicted octanol–water partition coefficient (Wildman–Crippen LogP) is 2.00. The molecule has 2 saturated heterocycles. The average Bonchev–Trinajstić information content (AvgIpc) is 3.56. The largest absolute Gasteiger partial charge is 0.394 e. The minimum Gasteiger partial charge on any atom is -0.394 e. The molecular formula is C26H32ClN3O5. The van der Waals surface area contributed by atoms with Gasteiger partial charge in [0.25, 0.3) is 11.8 Å². The number of benzene rings is 2. The summed E-state index contributed by atoms with van der Waals surface area (Å²) in [6, 6.07) is 14.7. The SMILES string of the molecule is O=C(NCc1ccc(N2CCC[C@H]2CO)cc1)[C@H](O)[C@@H](O)C(=O)N1CCCC1c1cccc(Cl)c1. The highest BCUT2D eigenvalue weighted by molar-refractivity contribution is 6.30. The van der Waals surface area contributed by atoms with Crippen molar-refractivity contribution in [3.63, 3.8) is 0 Å². The third-order valence-electron chi connectivity index (χ3n) is 6.91. The van der Waals surface area contributed by atoms with Crippen LogP contribution in [0, 0.1) is 0 Å². The first-order chi connectivity index (χ1) is 16.9. The van der Waals surface area contributed by atoms with Crippen molar-refractivity contribution in [1.29, 1.82) is 0 Å². The monoisotopic (exact) mass is 501 g/mol. The van der Waals surface area contributed by atoms with Crippen LogP contribution < -0.4 is 10.2 Å². The van der Waals surface area contributed by atoms with Crippen LogP contribution in [-0.2, 0) is 16.1 Å². The van der Waals surface area contributed by atoms with Crippen molar-refractivity contribution in [3.8, 4) is 0 Å². The van der Waals surface area contributed by atoms with Crippen molar-refractivity contribution < 1.29 is 24.9 Å². The van der Waals surface area contributed by atoms with Crippen LogP contribution in [0.1, 0.15) is 42.9 Å². The van der Waals surface area contributed by atoms with Gasteiger partial charge in [-0.05, 0) is 61.1 Å². The number of likely N-dealkylation sites (tertiary alicyclic amines) is 1. The van der Waals surface area contributed by atoms with Gasteiger partial charge in [-0.1, -0.05) is 35.9 Å². The molecule has 4 atom stereocenters. The molecule has 0 saturated carbocycles. The third-order valence-corrected chi connectivity index (χ3v) is 7.15. The summed E-state index contributed by atoms with van der Waals surface area (Å²) in [5.41, 5.74) is 2.69. The second-order valence-corrected chi connectivity index (χ2v) is 9.63. The summed E-state index contributed by atoms with van der Waals surface area (Å²) < 4.78 is 0. The zero-order valence-electron chi connectivity index (χ0n) is 19.5.